The largest absolute Gasteiger partial charge is 0.380 e. The standard InChI is InChI=1S/C13H17NO3S/c1-9-3-5-10(6-4-9)18(15,16)14-11-7-8-12(17-2)13(11)14/h3-6,11-13H,7-8H2,1-2H3/t11-,12+,13-,14?/m0/s1. The van der Waals surface area contributed by atoms with E-state index in [9.17, 15) is 8.42 Å². The number of hydrogen-bond acceptors (Lipinski definition) is 3. The van der Waals surface area contributed by atoms with Gasteiger partial charge in [-0.2, -0.15) is 4.31 Å². The summed E-state index contributed by atoms with van der Waals surface area (Å²) >= 11 is 0. The minimum atomic E-state index is -3.33. The molecule has 5 heteroatoms. The lowest BCUT2D eigenvalue weighted by Gasteiger charge is -2.14. The molecule has 0 spiro atoms. The topological polar surface area (TPSA) is 46.4 Å². The van der Waals surface area contributed by atoms with Crippen molar-refractivity contribution in [3.8, 4) is 0 Å². The summed E-state index contributed by atoms with van der Waals surface area (Å²) in [5.74, 6) is 0. The van der Waals surface area contributed by atoms with Crippen molar-refractivity contribution in [3.05, 3.63) is 29.8 Å². The summed E-state index contributed by atoms with van der Waals surface area (Å²) in [5, 5.41) is 0. The van der Waals surface area contributed by atoms with Crippen LogP contribution in [0.1, 0.15) is 18.4 Å². The van der Waals surface area contributed by atoms with Crippen molar-refractivity contribution in [3.63, 3.8) is 0 Å². The lowest BCUT2D eigenvalue weighted by atomic mass is 10.2. The van der Waals surface area contributed by atoms with Gasteiger partial charge in [-0.3, -0.25) is 0 Å². The van der Waals surface area contributed by atoms with Crippen molar-refractivity contribution in [2.45, 2.75) is 42.8 Å². The molecule has 3 rings (SSSR count). The minimum Gasteiger partial charge on any atom is -0.380 e. The highest BCUT2D eigenvalue weighted by molar-refractivity contribution is 7.89. The normalized spacial score (nSPS) is 34.3. The Morgan fingerprint density at radius 1 is 1.22 bits per heavy atom. The average Bonchev–Trinajstić information content (AvgIpc) is 2.94. The number of fused-ring (bicyclic) bond motifs is 1. The van der Waals surface area contributed by atoms with E-state index < -0.39 is 10.0 Å². The van der Waals surface area contributed by atoms with Gasteiger partial charge in [-0.25, -0.2) is 8.42 Å². The van der Waals surface area contributed by atoms with Crippen LogP contribution in [0.2, 0.25) is 0 Å². The number of nitrogens with zero attached hydrogens (tertiary/aromatic N) is 1. The molecule has 1 aromatic carbocycles. The Morgan fingerprint density at radius 2 is 1.89 bits per heavy atom. The first-order valence-electron chi connectivity index (χ1n) is 6.18. The number of rotatable bonds is 3. The molecule has 0 aromatic heterocycles. The molecule has 0 bridgehead atoms. The average molecular weight is 267 g/mol. The Morgan fingerprint density at radius 3 is 2.50 bits per heavy atom. The van der Waals surface area contributed by atoms with Gasteiger partial charge < -0.3 is 4.74 Å². The van der Waals surface area contributed by atoms with Crippen molar-refractivity contribution < 1.29 is 13.2 Å². The number of aryl methyl sites for hydroxylation is 1. The van der Waals surface area contributed by atoms with Crippen LogP contribution in [0.15, 0.2) is 29.2 Å². The molecule has 2 fully saturated rings. The van der Waals surface area contributed by atoms with Crippen molar-refractivity contribution in [2.75, 3.05) is 7.11 Å². The number of ether oxygens (including phenoxy) is 1. The van der Waals surface area contributed by atoms with Crippen LogP contribution in [-0.4, -0.2) is 38.0 Å². The number of sulfonamides is 1. The van der Waals surface area contributed by atoms with Crippen LogP contribution in [0.25, 0.3) is 0 Å². The van der Waals surface area contributed by atoms with E-state index >= 15 is 0 Å². The first-order chi connectivity index (χ1) is 8.55. The third-order valence-electron chi connectivity index (χ3n) is 3.95. The van der Waals surface area contributed by atoms with Crippen LogP contribution >= 0.6 is 0 Å². The second-order valence-electron chi connectivity index (χ2n) is 5.06. The van der Waals surface area contributed by atoms with Gasteiger partial charge in [-0.05, 0) is 31.9 Å². The molecule has 18 heavy (non-hydrogen) atoms. The van der Waals surface area contributed by atoms with Gasteiger partial charge >= 0.3 is 0 Å². The van der Waals surface area contributed by atoms with Crippen LogP contribution in [0.5, 0.6) is 0 Å². The fourth-order valence-corrected chi connectivity index (χ4v) is 4.77. The monoisotopic (exact) mass is 267 g/mol. The lowest BCUT2D eigenvalue weighted by Crippen LogP contribution is -2.25. The fourth-order valence-electron chi connectivity index (χ4n) is 2.92. The Bertz CT molecular complexity index is 552. The molecule has 2 aliphatic rings. The molecule has 1 aliphatic heterocycles. The summed E-state index contributed by atoms with van der Waals surface area (Å²) in [6.07, 6.45) is 1.94. The Labute approximate surface area is 108 Å². The second-order valence-corrected chi connectivity index (χ2v) is 6.90. The second kappa shape index (κ2) is 4.05. The van der Waals surface area contributed by atoms with Gasteiger partial charge in [0, 0.05) is 13.2 Å². The van der Waals surface area contributed by atoms with Gasteiger partial charge in [0.05, 0.1) is 17.0 Å². The molecule has 0 radical (unpaired) electrons. The van der Waals surface area contributed by atoms with Crippen LogP contribution in [-0.2, 0) is 14.8 Å². The highest BCUT2D eigenvalue weighted by atomic mass is 32.2. The first kappa shape index (κ1) is 12.1. The molecule has 1 saturated carbocycles. The quantitative estimate of drug-likeness (QED) is 0.781. The van der Waals surface area contributed by atoms with Crippen molar-refractivity contribution in [1.82, 2.24) is 4.31 Å². The highest BCUT2D eigenvalue weighted by Gasteiger charge is 2.62. The fraction of sp³-hybridized carbons (Fsp3) is 0.538. The molecule has 1 unspecified atom stereocenters. The molecule has 1 aliphatic carbocycles. The predicted octanol–water partition coefficient (Wildman–Crippen LogP) is 1.55. The van der Waals surface area contributed by atoms with Crippen molar-refractivity contribution in [1.29, 1.82) is 0 Å². The third-order valence-corrected chi connectivity index (χ3v) is 5.89. The molecule has 98 valence electrons. The summed E-state index contributed by atoms with van der Waals surface area (Å²) in [6, 6.07) is 7.24. The van der Waals surface area contributed by atoms with Gasteiger partial charge in [0.15, 0.2) is 0 Å². The number of benzene rings is 1. The van der Waals surface area contributed by atoms with E-state index in [1.54, 1.807) is 23.5 Å². The van der Waals surface area contributed by atoms with Crippen LogP contribution in [0.4, 0.5) is 0 Å². The molecule has 1 aromatic rings. The van der Waals surface area contributed by atoms with Gasteiger partial charge in [0.2, 0.25) is 10.0 Å². The van der Waals surface area contributed by atoms with Crippen molar-refractivity contribution >= 4 is 10.0 Å². The molecule has 4 atom stereocenters. The van der Waals surface area contributed by atoms with Crippen LogP contribution in [0, 0.1) is 6.92 Å². The van der Waals surface area contributed by atoms with E-state index in [1.807, 2.05) is 19.1 Å². The zero-order chi connectivity index (χ0) is 12.9. The Balaban J connectivity index is 1.87. The van der Waals surface area contributed by atoms with E-state index in [1.165, 1.54) is 0 Å². The maximum atomic E-state index is 12.5. The number of methoxy groups -OCH3 is 1. The van der Waals surface area contributed by atoms with Crippen molar-refractivity contribution in [2.24, 2.45) is 0 Å². The lowest BCUT2D eigenvalue weighted by molar-refractivity contribution is 0.0963. The van der Waals surface area contributed by atoms with E-state index in [0.29, 0.717) is 4.90 Å². The molecule has 1 heterocycles. The van der Waals surface area contributed by atoms with Gasteiger partial charge in [-0.15, -0.1) is 0 Å². The summed E-state index contributed by atoms with van der Waals surface area (Å²) < 4.78 is 31.8. The predicted molar refractivity (Wildman–Crippen MR) is 67.8 cm³/mol. The van der Waals surface area contributed by atoms with Gasteiger partial charge in [-0.1, -0.05) is 17.7 Å². The van der Waals surface area contributed by atoms with E-state index in [0.717, 1.165) is 18.4 Å². The molecule has 1 saturated heterocycles. The summed E-state index contributed by atoms with van der Waals surface area (Å²) in [7, 11) is -1.68. The zero-order valence-corrected chi connectivity index (χ0v) is 11.4. The maximum absolute atomic E-state index is 12.5. The van der Waals surface area contributed by atoms with E-state index in [4.69, 9.17) is 4.74 Å². The molecule has 0 N–H and O–H groups in total. The van der Waals surface area contributed by atoms with Gasteiger partial charge in [0.1, 0.15) is 0 Å². The highest BCUT2D eigenvalue weighted by Crippen LogP contribution is 2.47. The number of piperidine rings is 1. The smallest absolute Gasteiger partial charge is 0.243 e. The molecular formula is C13H17NO3S. The van der Waals surface area contributed by atoms with Crippen LogP contribution in [0.3, 0.4) is 0 Å². The van der Waals surface area contributed by atoms with Gasteiger partial charge in [0.25, 0.3) is 0 Å². The minimum absolute atomic E-state index is 0.0568. The molecule has 4 nitrogen and oxygen atoms in total. The van der Waals surface area contributed by atoms with Crippen LogP contribution < -0.4 is 0 Å². The molecule has 0 amide bonds. The zero-order valence-electron chi connectivity index (χ0n) is 10.5. The maximum Gasteiger partial charge on any atom is 0.243 e. The third kappa shape index (κ3) is 1.69. The number of hydrogen-bond donors (Lipinski definition) is 0. The van der Waals surface area contributed by atoms with E-state index in [-0.39, 0.29) is 18.2 Å². The Kier molecular flexibility index (Phi) is 2.73. The SMILES string of the molecule is CO[C@@H]1CC[C@H]2[C@@H]1N2S(=O)(=O)c1ccc(C)cc1. The Hall–Kier alpha value is -0.910. The van der Waals surface area contributed by atoms with E-state index in [2.05, 4.69) is 0 Å². The first-order valence-corrected chi connectivity index (χ1v) is 7.62. The molecular weight excluding hydrogens is 250 g/mol. The summed E-state index contributed by atoms with van der Waals surface area (Å²) in [4.78, 5) is 0.386. The summed E-state index contributed by atoms with van der Waals surface area (Å²) in [5.41, 5.74) is 1.06. The summed E-state index contributed by atoms with van der Waals surface area (Å²) in [6.45, 7) is 1.95.